The predicted molar refractivity (Wildman–Crippen MR) is 325 cm³/mol. The molecular formula is C63H54BBr3N4O2. The van der Waals surface area contributed by atoms with Crippen LogP contribution < -0.4 is 14.5 Å². The van der Waals surface area contributed by atoms with Crippen LogP contribution in [0.25, 0.3) is 55.0 Å². The van der Waals surface area contributed by atoms with Crippen molar-refractivity contribution in [1.29, 1.82) is 0 Å². The van der Waals surface area contributed by atoms with Crippen LogP contribution >= 0.6 is 47.3 Å². The molecule has 0 unspecified atom stereocenters. The van der Waals surface area contributed by atoms with E-state index < -0.39 is 0 Å². The van der Waals surface area contributed by atoms with E-state index in [1.165, 1.54) is 16.3 Å². The summed E-state index contributed by atoms with van der Waals surface area (Å²) < 4.78 is 10.7. The van der Waals surface area contributed by atoms with Gasteiger partial charge >= 0.3 is 3.18 Å². The summed E-state index contributed by atoms with van der Waals surface area (Å²) in [6, 6.07) is 87.5. The molecule has 2 heterocycles. The Morgan fingerprint density at radius 1 is 0.384 bits per heavy atom. The molecule has 10 aromatic carbocycles. The average molecular weight is 1150 g/mol. The zero-order valence-corrected chi connectivity index (χ0v) is 43.4. The normalized spacial score (nSPS) is 10.6. The van der Waals surface area contributed by atoms with Gasteiger partial charge in [0.15, 0.2) is 0 Å². The van der Waals surface area contributed by atoms with E-state index in [4.69, 9.17) is 4.74 Å². The van der Waals surface area contributed by atoms with E-state index in [1.807, 2.05) is 66.7 Å². The highest BCUT2D eigenvalue weighted by Gasteiger charge is 2.24. The molecule has 0 bridgehead atoms. The van der Waals surface area contributed by atoms with Crippen molar-refractivity contribution >= 4 is 128 Å². The van der Waals surface area contributed by atoms with E-state index in [1.54, 1.807) is 7.11 Å². The van der Waals surface area contributed by atoms with E-state index in [9.17, 15) is 5.11 Å². The molecule has 0 spiro atoms. The fourth-order valence-electron chi connectivity index (χ4n) is 9.45. The van der Waals surface area contributed by atoms with Gasteiger partial charge < -0.3 is 28.8 Å². The standard InChI is InChI=1S/C31H24N2O.C30H22N2O.2CH4.BBr3/c1-34-26-21-29(32(23-13-5-2-6-14-23)24-15-7-3-8-16-24)31-27-19-11-12-20-28(27)33(30(31)22-26)25-17-9-4-10-18-25;33-25-20-28(31(22-12-4-1-5-13-22)23-14-6-2-7-15-23)30-26-18-10-11-19-27(26)32(29(30)21-25)24-16-8-3-9-17-24;;;2-1(3)4/h2-22H,1H3;1-21,33H;2*1H4;. The molecule has 1 N–H and O–H groups in total. The Morgan fingerprint density at radius 2 is 0.685 bits per heavy atom. The Bertz CT molecular complexity index is 3610. The summed E-state index contributed by atoms with van der Waals surface area (Å²) in [4.78, 5) is 4.52. The number of fused-ring (bicyclic) bond motifs is 6. The zero-order valence-electron chi connectivity index (χ0n) is 38.6. The molecule has 0 aliphatic heterocycles. The van der Waals surface area contributed by atoms with Gasteiger partial charge in [0, 0.05) is 79.9 Å². The molecule has 362 valence electrons. The predicted octanol–water partition coefficient (Wildman–Crippen LogP) is 19.6. The highest BCUT2D eigenvalue weighted by molar-refractivity contribution is 9.69. The van der Waals surface area contributed by atoms with E-state index in [0.29, 0.717) is 0 Å². The van der Waals surface area contributed by atoms with Crippen molar-refractivity contribution in [3.05, 3.63) is 255 Å². The number of aromatic hydroxyl groups is 1. The van der Waals surface area contributed by atoms with Crippen molar-refractivity contribution < 1.29 is 9.84 Å². The van der Waals surface area contributed by atoms with Gasteiger partial charge in [-0.05, 0) is 84.9 Å². The molecule has 0 saturated heterocycles. The number of phenols is 1. The quantitative estimate of drug-likeness (QED) is 0.146. The van der Waals surface area contributed by atoms with E-state index in [0.717, 1.165) is 78.6 Å². The lowest BCUT2D eigenvalue weighted by Gasteiger charge is -2.27. The summed E-state index contributed by atoms with van der Waals surface area (Å²) in [5.41, 5.74) is 12.8. The van der Waals surface area contributed by atoms with Crippen molar-refractivity contribution in [2.75, 3.05) is 16.9 Å². The fraction of sp³-hybridized carbons (Fsp3) is 0.0476. The molecular weight excluding hydrogens is 1100 g/mol. The highest BCUT2D eigenvalue weighted by Crippen LogP contribution is 2.47. The largest absolute Gasteiger partial charge is 0.508 e. The molecule has 2 aromatic heterocycles. The summed E-state index contributed by atoms with van der Waals surface area (Å²) in [7, 11) is 1.73. The van der Waals surface area contributed by atoms with Crippen LogP contribution in [-0.4, -0.2) is 24.5 Å². The molecule has 0 atom stereocenters. The molecule has 0 radical (unpaired) electrons. The molecule has 10 heteroatoms. The summed E-state index contributed by atoms with van der Waals surface area (Å²) in [5, 5.41) is 15.5. The van der Waals surface area contributed by atoms with Gasteiger partial charge in [0.25, 0.3) is 0 Å². The minimum absolute atomic E-state index is 0. The van der Waals surface area contributed by atoms with E-state index in [-0.39, 0.29) is 23.8 Å². The van der Waals surface area contributed by atoms with Gasteiger partial charge in [-0.1, -0.05) is 160 Å². The minimum Gasteiger partial charge on any atom is -0.508 e. The van der Waals surface area contributed by atoms with Crippen LogP contribution in [0.3, 0.4) is 0 Å². The van der Waals surface area contributed by atoms with Gasteiger partial charge in [0.1, 0.15) is 11.5 Å². The lowest BCUT2D eigenvalue weighted by Crippen LogP contribution is -2.10. The number of hydrogen-bond acceptors (Lipinski definition) is 4. The molecule has 0 aliphatic carbocycles. The van der Waals surface area contributed by atoms with Crippen LogP contribution in [0.1, 0.15) is 14.9 Å². The number of hydrogen-bond donors (Lipinski definition) is 1. The Kier molecular flexibility index (Phi) is 16.9. The topological polar surface area (TPSA) is 45.8 Å². The van der Waals surface area contributed by atoms with Gasteiger partial charge in [-0.15, -0.1) is 47.3 Å². The number of nitrogens with zero attached hydrogens (tertiary/aromatic N) is 4. The van der Waals surface area contributed by atoms with Gasteiger partial charge in [-0.25, -0.2) is 0 Å². The third-order valence-electron chi connectivity index (χ3n) is 12.3. The first-order chi connectivity index (χ1) is 34.9. The average Bonchev–Trinajstić information content (AvgIpc) is 3.94. The Balaban J connectivity index is 0.000000177. The summed E-state index contributed by atoms with van der Waals surface area (Å²) >= 11 is 9.31. The van der Waals surface area contributed by atoms with Crippen LogP contribution in [0, 0.1) is 0 Å². The summed E-state index contributed by atoms with van der Waals surface area (Å²) in [6.45, 7) is 0. The van der Waals surface area contributed by atoms with Crippen molar-refractivity contribution in [2.24, 2.45) is 0 Å². The van der Waals surface area contributed by atoms with Crippen LogP contribution in [0.4, 0.5) is 34.1 Å². The summed E-state index contributed by atoms with van der Waals surface area (Å²) in [6.07, 6.45) is 0. The molecule has 0 saturated carbocycles. The maximum absolute atomic E-state index is 10.9. The molecule has 0 aliphatic rings. The fourth-order valence-corrected chi connectivity index (χ4v) is 9.45. The number of halogens is 3. The Labute approximate surface area is 453 Å². The number of benzene rings is 10. The Morgan fingerprint density at radius 3 is 1.04 bits per heavy atom. The number of para-hydroxylation sites is 8. The molecule has 73 heavy (non-hydrogen) atoms. The van der Waals surface area contributed by atoms with E-state index in [2.05, 4.69) is 254 Å². The van der Waals surface area contributed by atoms with Crippen LogP contribution in [0.2, 0.25) is 0 Å². The van der Waals surface area contributed by atoms with Crippen molar-refractivity contribution in [3.8, 4) is 22.9 Å². The van der Waals surface area contributed by atoms with E-state index >= 15 is 0 Å². The first-order valence-electron chi connectivity index (χ1n) is 23.1. The second-order valence-electron chi connectivity index (χ2n) is 16.5. The SMILES string of the molecule is BrB(Br)Br.C.C.COc1cc(N(c2ccccc2)c2ccccc2)c2c3ccccc3n(-c3ccccc3)c2c1.Oc1cc(N(c2ccccc2)c2ccccc2)c2c3ccccc3n(-c3ccccc3)c2c1. The first-order valence-corrected chi connectivity index (χ1v) is 25.8. The van der Waals surface area contributed by atoms with Gasteiger partial charge in [-0.2, -0.15) is 0 Å². The molecule has 0 amide bonds. The van der Waals surface area contributed by atoms with Crippen molar-refractivity contribution in [1.82, 2.24) is 9.13 Å². The van der Waals surface area contributed by atoms with Crippen LogP contribution in [0.15, 0.2) is 255 Å². The molecule has 12 aromatic rings. The van der Waals surface area contributed by atoms with Crippen molar-refractivity contribution in [3.63, 3.8) is 0 Å². The monoisotopic (exact) mass is 1150 g/mol. The summed E-state index contributed by atoms with van der Waals surface area (Å²) in [5.74, 6) is 1.05. The molecule has 0 fully saturated rings. The van der Waals surface area contributed by atoms with Crippen molar-refractivity contribution in [2.45, 2.75) is 14.9 Å². The number of anilines is 6. The third-order valence-corrected chi connectivity index (χ3v) is 12.3. The van der Waals surface area contributed by atoms with Crippen LogP contribution in [0.5, 0.6) is 11.5 Å². The van der Waals surface area contributed by atoms with Crippen LogP contribution in [-0.2, 0) is 0 Å². The number of methoxy groups -OCH3 is 1. The molecule has 12 rings (SSSR count). The smallest absolute Gasteiger partial charge is 0.369 e. The van der Waals surface area contributed by atoms with Gasteiger partial charge in [0.2, 0.25) is 0 Å². The third kappa shape index (κ3) is 10.8. The number of phenolic OH excluding ortho intramolecular Hbond substituents is 1. The second-order valence-corrected chi connectivity index (χ2v) is 23.0. The number of aromatic nitrogens is 2. The lowest BCUT2D eigenvalue weighted by atomic mass is 10.1. The number of ether oxygens (including phenoxy) is 1. The molecule has 6 nitrogen and oxygen atoms in total. The zero-order chi connectivity index (χ0) is 48.7. The highest BCUT2D eigenvalue weighted by atomic mass is 79.9. The maximum atomic E-state index is 10.9. The minimum atomic E-state index is 0. The number of rotatable bonds is 9. The van der Waals surface area contributed by atoms with Gasteiger partial charge in [0.05, 0.1) is 40.6 Å². The maximum Gasteiger partial charge on any atom is 0.369 e. The first kappa shape index (κ1) is 51.8. The second kappa shape index (κ2) is 23.8. The van der Waals surface area contributed by atoms with Gasteiger partial charge in [-0.3, -0.25) is 0 Å². The Hall–Kier alpha value is -7.50. The lowest BCUT2D eigenvalue weighted by molar-refractivity contribution is 0.415.